The molecule has 0 radical (unpaired) electrons. The molecule has 6 nitrogen and oxygen atoms in total. The normalized spacial score (nSPS) is 10.1. The first-order valence-electron chi connectivity index (χ1n) is 8.56. The highest BCUT2D eigenvalue weighted by atomic mass is 16.5. The van der Waals surface area contributed by atoms with Crippen LogP contribution in [0.15, 0.2) is 78.9 Å². The van der Waals surface area contributed by atoms with Gasteiger partial charge in [-0.25, -0.2) is 4.79 Å². The second-order valence-electron chi connectivity index (χ2n) is 6.00. The van der Waals surface area contributed by atoms with Crippen LogP contribution in [0.5, 0.6) is 0 Å². The van der Waals surface area contributed by atoms with Gasteiger partial charge in [-0.1, -0.05) is 42.5 Å². The maximum absolute atomic E-state index is 12.5. The average molecular weight is 374 g/mol. The quantitative estimate of drug-likeness (QED) is 0.646. The number of carbonyl (C=O) groups excluding carboxylic acids is 3. The number of para-hydroxylation sites is 1. The maximum atomic E-state index is 12.5. The lowest BCUT2D eigenvalue weighted by molar-refractivity contribution is 0.0473. The van der Waals surface area contributed by atoms with Gasteiger partial charge in [0.15, 0.2) is 0 Å². The van der Waals surface area contributed by atoms with Crippen molar-refractivity contribution >= 4 is 23.5 Å². The van der Waals surface area contributed by atoms with Crippen LogP contribution in [-0.2, 0) is 11.3 Å². The van der Waals surface area contributed by atoms with Gasteiger partial charge < -0.3 is 15.8 Å². The number of nitrogens with two attached hydrogens (primary N) is 1. The molecule has 0 aromatic heterocycles. The van der Waals surface area contributed by atoms with Crippen molar-refractivity contribution < 1.29 is 19.1 Å². The van der Waals surface area contributed by atoms with Gasteiger partial charge in [-0.2, -0.15) is 0 Å². The molecule has 140 valence electrons. The molecule has 0 aliphatic rings. The third-order valence-corrected chi connectivity index (χ3v) is 4.04. The second-order valence-corrected chi connectivity index (χ2v) is 6.00. The lowest BCUT2D eigenvalue weighted by atomic mass is 10.1. The molecule has 0 saturated carbocycles. The summed E-state index contributed by atoms with van der Waals surface area (Å²) in [6, 6.07) is 21.8. The average Bonchev–Trinajstić information content (AvgIpc) is 2.73. The van der Waals surface area contributed by atoms with Crippen LogP contribution in [0.1, 0.15) is 36.6 Å². The molecular weight excluding hydrogens is 356 g/mol. The zero-order valence-corrected chi connectivity index (χ0v) is 14.9. The minimum Gasteiger partial charge on any atom is -0.457 e. The Kier molecular flexibility index (Phi) is 5.81. The fourth-order valence-electron chi connectivity index (χ4n) is 2.55. The molecule has 0 aliphatic heterocycles. The van der Waals surface area contributed by atoms with Crippen LogP contribution in [0.2, 0.25) is 0 Å². The molecular formula is C22H18N2O4. The Bertz CT molecular complexity index is 999. The van der Waals surface area contributed by atoms with Crippen LogP contribution in [-0.4, -0.2) is 17.8 Å². The Morgan fingerprint density at radius 2 is 1.43 bits per heavy atom. The number of rotatable bonds is 6. The van der Waals surface area contributed by atoms with E-state index in [1.807, 2.05) is 6.07 Å². The molecule has 28 heavy (non-hydrogen) atoms. The molecule has 0 saturated heterocycles. The number of anilines is 1. The number of amides is 2. The van der Waals surface area contributed by atoms with E-state index in [0.717, 1.165) is 0 Å². The second kappa shape index (κ2) is 8.64. The number of carbonyl (C=O) groups is 3. The molecule has 2 amide bonds. The predicted octanol–water partition coefficient (Wildman–Crippen LogP) is 3.39. The Labute approximate surface area is 161 Å². The number of hydrogen-bond acceptors (Lipinski definition) is 4. The summed E-state index contributed by atoms with van der Waals surface area (Å²) in [5.41, 5.74) is 7.40. The Hall–Kier alpha value is -3.93. The summed E-state index contributed by atoms with van der Waals surface area (Å²) < 4.78 is 5.34. The molecule has 0 bridgehead atoms. The maximum Gasteiger partial charge on any atom is 0.340 e. The highest BCUT2D eigenvalue weighted by molar-refractivity contribution is 6.08. The lowest BCUT2D eigenvalue weighted by Gasteiger charge is -2.11. The monoisotopic (exact) mass is 374 g/mol. The number of nitrogens with one attached hydrogen (secondary N) is 1. The van der Waals surface area contributed by atoms with E-state index in [1.54, 1.807) is 72.8 Å². The van der Waals surface area contributed by atoms with E-state index in [2.05, 4.69) is 5.32 Å². The fraction of sp³-hybridized carbons (Fsp3) is 0.0455. The molecule has 0 heterocycles. The summed E-state index contributed by atoms with van der Waals surface area (Å²) in [4.78, 5) is 35.9. The van der Waals surface area contributed by atoms with E-state index in [-0.39, 0.29) is 18.1 Å². The molecule has 0 fully saturated rings. The van der Waals surface area contributed by atoms with Gasteiger partial charge in [0, 0.05) is 11.1 Å². The number of ether oxygens (including phenoxy) is 1. The largest absolute Gasteiger partial charge is 0.457 e. The molecule has 3 rings (SSSR count). The van der Waals surface area contributed by atoms with Crippen molar-refractivity contribution in [3.63, 3.8) is 0 Å². The van der Waals surface area contributed by atoms with Crippen molar-refractivity contribution in [1.82, 2.24) is 0 Å². The van der Waals surface area contributed by atoms with Gasteiger partial charge in [0.1, 0.15) is 6.61 Å². The van der Waals surface area contributed by atoms with Crippen LogP contribution in [0.25, 0.3) is 0 Å². The lowest BCUT2D eigenvalue weighted by Crippen LogP contribution is -2.15. The van der Waals surface area contributed by atoms with Gasteiger partial charge in [-0.15, -0.1) is 0 Å². The summed E-state index contributed by atoms with van der Waals surface area (Å²) in [6.45, 7) is 0.0266. The molecule has 3 aromatic rings. The van der Waals surface area contributed by atoms with Crippen molar-refractivity contribution in [3.8, 4) is 0 Å². The number of hydrogen-bond donors (Lipinski definition) is 2. The highest BCUT2D eigenvalue weighted by Crippen LogP contribution is 2.18. The molecule has 3 aromatic carbocycles. The summed E-state index contributed by atoms with van der Waals surface area (Å²) in [5.74, 6) is -1.41. The third kappa shape index (κ3) is 4.62. The van der Waals surface area contributed by atoms with E-state index < -0.39 is 11.9 Å². The first-order valence-corrected chi connectivity index (χ1v) is 8.56. The zero-order chi connectivity index (χ0) is 19.9. The molecule has 0 atom stereocenters. The highest BCUT2D eigenvalue weighted by Gasteiger charge is 2.15. The van der Waals surface area contributed by atoms with Crippen molar-refractivity contribution in [2.24, 2.45) is 5.73 Å². The van der Waals surface area contributed by atoms with Crippen molar-refractivity contribution in [1.29, 1.82) is 0 Å². The summed E-state index contributed by atoms with van der Waals surface area (Å²) >= 11 is 0. The van der Waals surface area contributed by atoms with E-state index in [0.29, 0.717) is 22.4 Å². The number of esters is 1. The van der Waals surface area contributed by atoms with E-state index in [1.165, 1.54) is 0 Å². The topological polar surface area (TPSA) is 98.5 Å². The minimum atomic E-state index is -0.567. The van der Waals surface area contributed by atoms with Crippen molar-refractivity contribution in [2.75, 3.05) is 5.32 Å². The van der Waals surface area contributed by atoms with E-state index in [9.17, 15) is 14.4 Å². The summed E-state index contributed by atoms with van der Waals surface area (Å²) in [5, 5.41) is 2.73. The van der Waals surface area contributed by atoms with Gasteiger partial charge in [0.2, 0.25) is 5.91 Å². The van der Waals surface area contributed by atoms with Crippen LogP contribution in [0.4, 0.5) is 5.69 Å². The molecule has 3 N–H and O–H groups in total. The van der Waals surface area contributed by atoms with E-state index in [4.69, 9.17) is 10.5 Å². The Balaban J connectivity index is 1.68. The van der Waals surface area contributed by atoms with E-state index >= 15 is 0 Å². The van der Waals surface area contributed by atoms with Gasteiger partial charge in [-0.05, 0) is 42.0 Å². The number of benzene rings is 3. The standard InChI is InChI=1S/C22H18N2O4/c23-20(25)16-12-10-15(11-13-16)14-28-22(27)18-8-4-5-9-19(18)24-21(26)17-6-2-1-3-7-17/h1-13H,14H2,(H2,23,25)(H,24,26). The van der Waals surface area contributed by atoms with Crippen LogP contribution >= 0.6 is 0 Å². The zero-order valence-electron chi connectivity index (χ0n) is 14.9. The SMILES string of the molecule is NC(=O)c1ccc(COC(=O)c2ccccc2NC(=O)c2ccccc2)cc1. The van der Waals surface area contributed by atoms with Gasteiger partial charge >= 0.3 is 5.97 Å². The van der Waals surface area contributed by atoms with Gasteiger partial charge in [-0.3, -0.25) is 9.59 Å². The Morgan fingerprint density at radius 1 is 0.786 bits per heavy atom. The Morgan fingerprint density at radius 3 is 2.11 bits per heavy atom. The fourth-order valence-corrected chi connectivity index (χ4v) is 2.55. The van der Waals surface area contributed by atoms with Crippen molar-refractivity contribution in [3.05, 3.63) is 101 Å². The first kappa shape index (κ1) is 18.8. The van der Waals surface area contributed by atoms with Crippen LogP contribution in [0.3, 0.4) is 0 Å². The molecule has 0 unspecified atom stereocenters. The first-order chi connectivity index (χ1) is 13.5. The summed E-state index contributed by atoms with van der Waals surface area (Å²) in [7, 11) is 0. The van der Waals surface area contributed by atoms with Crippen LogP contribution < -0.4 is 11.1 Å². The van der Waals surface area contributed by atoms with Crippen LogP contribution in [0, 0.1) is 0 Å². The predicted molar refractivity (Wildman–Crippen MR) is 105 cm³/mol. The van der Waals surface area contributed by atoms with Gasteiger partial charge in [0.05, 0.1) is 11.3 Å². The minimum absolute atomic E-state index is 0.0266. The smallest absolute Gasteiger partial charge is 0.340 e. The molecule has 0 aliphatic carbocycles. The molecule has 6 heteroatoms. The van der Waals surface area contributed by atoms with Gasteiger partial charge in [0.25, 0.3) is 5.91 Å². The molecule has 0 spiro atoms. The summed E-state index contributed by atoms with van der Waals surface area (Å²) in [6.07, 6.45) is 0. The number of primary amides is 1. The van der Waals surface area contributed by atoms with Crippen molar-refractivity contribution in [2.45, 2.75) is 6.61 Å². The third-order valence-electron chi connectivity index (χ3n) is 4.04.